The molecular weight excluding hydrogens is 386 g/mol. The quantitative estimate of drug-likeness (QED) is 0.243. The first-order valence-electron chi connectivity index (χ1n) is 10.8. The number of rotatable bonds is 14. The van der Waals surface area contributed by atoms with Crippen LogP contribution in [0, 0.1) is 0 Å². The molecule has 156 valence electrons. The third-order valence-electron chi connectivity index (χ3n) is 4.81. The summed E-state index contributed by atoms with van der Waals surface area (Å²) in [5.41, 5.74) is 1.31. The standard InChI is InChI=1S/C23H35NO2S2/c1-2-3-4-5-6-7-8-9-13-16-22(25)26-18-21-17-24-23(28-21)27-19-20-14-11-10-12-15-20/h10-12,14-15,21H,2-9,13,16-19H2,1H3. The molecule has 3 nitrogen and oxygen atoms in total. The Balaban J connectivity index is 1.43. The average molecular weight is 422 g/mol. The Hall–Kier alpha value is -0.940. The van der Waals surface area contributed by atoms with Crippen LogP contribution in [-0.2, 0) is 15.3 Å². The van der Waals surface area contributed by atoms with Crippen LogP contribution >= 0.6 is 23.5 Å². The maximum Gasteiger partial charge on any atom is 0.305 e. The van der Waals surface area contributed by atoms with Crippen molar-refractivity contribution in [2.24, 2.45) is 4.99 Å². The smallest absolute Gasteiger partial charge is 0.305 e. The minimum absolute atomic E-state index is 0.0473. The Morgan fingerprint density at radius 3 is 2.46 bits per heavy atom. The van der Waals surface area contributed by atoms with E-state index in [4.69, 9.17) is 4.74 Å². The van der Waals surface area contributed by atoms with Crippen molar-refractivity contribution in [3.63, 3.8) is 0 Å². The molecule has 1 aromatic rings. The topological polar surface area (TPSA) is 38.7 Å². The summed E-state index contributed by atoms with van der Waals surface area (Å²) < 4.78 is 6.58. The van der Waals surface area contributed by atoms with Crippen LogP contribution in [-0.4, -0.2) is 28.7 Å². The summed E-state index contributed by atoms with van der Waals surface area (Å²) in [6, 6.07) is 10.4. The van der Waals surface area contributed by atoms with Gasteiger partial charge in [0.05, 0.1) is 11.8 Å². The highest BCUT2D eigenvalue weighted by atomic mass is 32.2. The summed E-state index contributed by atoms with van der Waals surface area (Å²) in [6.07, 6.45) is 12.0. The first-order chi connectivity index (χ1) is 13.8. The molecule has 1 aliphatic heterocycles. The van der Waals surface area contributed by atoms with Gasteiger partial charge in [0.2, 0.25) is 0 Å². The first kappa shape index (κ1) is 23.3. The largest absolute Gasteiger partial charge is 0.464 e. The number of thioether (sulfide) groups is 2. The van der Waals surface area contributed by atoms with E-state index in [1.54, 1.807) is 23.5 Å². The van der Waals surface area contributed by atoms with Gasteiger partial charge in [-0.3, -0.25) is 9.79 Å². The minimum atomic E-state index is -0.0473. The number of benzene rings is 1. The number of aliphatic imine (C=N–C) groups is 1. The number of hydrogen-bond acceptors (Lipinski definition) is 5. The van der Waals surface area contributed by atoms with Crippen molar-refractivity contribution in [2.45, 2.75) is 82.1 Å². The number of carbonyl (C=O) groups is 1. The van der Waals surface area contributed by atoms with Crippen molar-refractivity contribution in [1.29, 1.82) is 0 Å². The average Bonchev–Trinajstić information content (AvgIpc) is 3.18. The van der Waals surface area contributed by atoms with E-state index in [0.29, 0.717) is 13.0 Å². The number of nitrogens with zero attached hydrogens (tertiary/aromatic N) is 1. The lowest BCUT2D eigenvalue weighted by atomic mass is 10.1. The second-order valence-corrected chi connectivity index (χ2v) is 9.89. The zero-order valence-corrected chi connectivity index (χ0v) is 18.9. The Labute approximate surface area is 179 Å². The van der Waals surface area contributed by atoms with Crippen molar-refractivity contribution in [2.75, 3.05) is 13.2 Å². The summed E-state index contributed by atoms with van der Waals surface area (Å²) in [4.78, 5) is 16.5. The highest BCUT2D eigenvalue weighted by molar-refractivity contribution is 8.39. The molecule has 0 saturated heterocycles. The zero-order valence-electron chi connectivity index (χ0n) is 17.2. The van der Waals surface area contributed by atoms with Gasteiger partial charge in [-0.25, -0.2) is 0 Å². The molecule has 0 amide bonds. The van der Waals surface area contributed by atoms with Crippen LogP contribution in [0.3, 0.4) is 0 Å². The van der Waals surface area contributed by atoms with Gasteiger partial charge in [0.1, 0.15) is 11.0 Å². The van der Waals surface area contributed by atoms with Crippen LogP contribution < -0.4 is 0 Å². The number of carbonyl (C=O) groups excluding carboxylic acids is 1. The Morgan fingerprint density at radius 2 is 1.75 bits per heavy atom. The predicted octanol–water partition coefficient (Wildman–Crippen LogP) is 6.86. The molecule has 5 heteroatoms. The van der Waals surface area contributed by atoms with Crippen LogP contribution in [0.1, 0.15) is 76.7 Å². The van der Waals surface area contributed by atoms with E-state index in [-0.39, 0.29) is 11.2 Å². The number of hydrogen-bond donors (Lipinski definition) is 0. The van der Waals surface area contributed by atoms with E-state index in [2.05, 4.69) is 36.2 Å². The second kappa shape index (κ2) is 15.0. The molecule has 0 spiro atoms. The highest BCUT2D eigenvalue weighted by Gasteiger charge is 2.21. The lowest BCUT2D eigenvalue weighted by Gasteiger charge is -2.09. The molecule has 1 heterocycles. The van der Waals surface area contributed by atoms with E-state index in [9.17, 15) is 4.79 Å². The monoisotopic (exact) mass is 421 g/mol. The summed E-state index contributed by atoms with van der Waals surface area (Å²) in [5, 5.41) is 0.283. The molecule has 1 unspecified atom stereocenters. The fraction of sp³-hybridized carbons (Fsp3) is 0.652. The van der Waals surface area contributed by atoms with Gasteiger partial charge in [-0.05, 0) is 12.0 Å². The fourth-order valence-corrected chi connectivity index (χ4v) is 5.34. The number of ether oxygens (including phenoxy) is 1. The van der Waals surface area contributed by atoms with Crippen LogP contribution in [0.25, 0.3) is 0 Å². The van der Waals surface area contributed by atoms with Gasteiger partial charge >= 0.3 is 5.97 Å². The molecule has 0 fully saturated rings. The summed E-state index contributed by atoms with van der Waals surface area (Å²) in [7, 11) is 0. The molecule has 0 radical (unpaired) electrons. The molecular formula is C23H35NO2S2. The van der Waals surface area contributed by atoms with Gasteiger partial charge in [0.25, 0.3) is 0 Å². The molecule has 1 aliphatic rings. The van der Waals surface area contributed by atoms with E-state index in [1.165, 1.54) is 50.5 Å². The molecule has 2 rings (SSSR count). The fourth-order valence-electron chi connectivity index (χ4n) is 3.12. The van der Waals surface area contributed by atoms with Crippen molar-refractivity contribution >= 4 is 33.9 Å². The van der Waals surface area contributed by atoms with Gasteiger partial charge < -0.3 is 4.74 Å². The van der Waals surface area contributed by atoms with Crippen molar-refractivity contribution in [3.05, 3.63) is 35.9 Å². The maximum atomic E-state index is 11.9. The molecule has 0 aliphatic carbocycles. The molecule has 28 heavy (non-hydrogen) atoms. The third-order valence-corrected chi connectivity index (χ3v) is 7.26. The SMILES string of the molecule is CCCCCCCCCCCC(=O)OCC1CN=C(SCc2ccccc2)S1. The first-order valence-corrected chi connectivity index (χ1v) is 12.7. The van der Waals surface area contributed by atoms with Crippen LogP contribution in [0.15, 0.2) is 35.3 Å². The zero-order chi connectivity index (χ0) is 19.9. The van der Waals surface area contributed by atoms with Crippen molar-refractivity contribution < 1.29 is 9.53 Å². The van der Waals surface area contributed by atoms with E-state index in [0.717, 1.165) is 29.5 Å². The normalized spacial score (nSPS) is 16.2. The van der Waals surface area contributed by atoms with Crippen molar-refractivity contribution in [3.8, 4) is 0 Å². The number of esters is 1. The molecule has 1 aromatic carbocycles. The minimum Gasteiger partial charge on any atom is -0.464 e. The molecule has 0 aromatic heterocycles. The van der Waals surface area contributed by atoms with Crippen LogP contribution in [0.2, 0.25) is 0 Å². The van der Waals surface area contributed by atoms with Crippen LogP contribution in [0.5, 0.6) is 0 Å². The second-order valence-electron chi connectivity index (χ2n) is 7.38. The molecule has 0 saturated carbocycles. The van der Waals surface area contributed by atoms with E-state index < -0.39 is 0 Å². The van der Waals surface area contributed by atoms with Gasteiger partial charge in [0, 0.05) is 12.2 Å². The maximum absolute atomic E-state index is 11.9. The van der Waals surface area contributed by atoms with Crippen molar-refractivity contribution in [1.82, 2.24) is 0 Å². The Morgan fingerprint density at radius 1 is 1.07 bits per heavy atom. The predicted molar refractivity (Wildman–Crippen MR) is 124 cm³/mol. The number of unbranched alkanes of at least 4 members (excludes halogenated alkanes) is 8. The van der Waals surface area contributed by atoms with E-state index >= 15 is 0 Å². The van der Waals surface area contributed by atoms with E-state index in [1.807, 2.05) is 6.07 Å². The molecule has 0 N–H and O–H groups in total. The summed E-state index contributed by atoms with van der Waals surface area (Å²) in [6.45, 7) is 3.49. The lowest BCUT2D eigenvalue weighted by Crippen LogP contribution is -2.16. The van der Waals surface area contributed by atoms with Gasteiger partial charge in [-0.15, -0.1) is 0 Å². The molecule has 1 atom stereocenters. The molecule has 0 bridgehead atoms. The van der Waals surface area contributed by atoms with Gasteiger partial charge in [-0.1, -0.05) is 112 Å². The van der Waals surface area contributed by atoms with Crippen LogP contribution in [0.4, 0.5) is 0 Å². The summed E-state index contributed by atoms with van der Waals surface area (Å²) in [5.74, 6) is 0.895. The Bertz CT molecular complexity index is 577. The third kappa shape index (κ3) is 10.6. The lowest BCUT2D eigenvalue weighted by molar-refractivity contribution is -0.143. The highest BCUT2D eigenvalue weighted by Crippen LogP contribution is 2.30. The Kier molecular flexibility index (Phi) is 12.5. The van der Waals surface area contributed by atoms with Gasteiger partial charge in [0.15, 0.2) is 0 Å². The summed E-state index contributed by atoms with van der Waals surface area (Å²) >= 11 is 3.53. The van der Waals surface area contributed by atoms with Gasteiger partial charge in [-0.2, -0.15) is 0 Å².